The number of benzene rings is 1. The summed E-state index contributed by atoms with van der Waals surface area (Å²) in [7, 11) is 0. The first kappa shape index (κ1) is 18.5. The van der Waals surface area contributed by atoms with Crippen LogP contribution in [0.5, 0.6) is 0 Å². The van der Waals surface area contributed by atoms with Gasteiger partial charge < -0.3 is 25.4 Å². The predicted octanol–water partition coefficient (Wildman–Crippen LogP) is -0.373. The van der Waals surface area contributed by atoms with E-state index in [-0.39, 0.29) is 11.8 Å². The van der Waals surface area contributed by atoms with Crippen LogP contribution in [0.2, 0.25) is 0 Å². The first-order chi connectivity index (χ1) is 12.6. The molecule has 0 unspecified atom stereocenters. The lowest BCUT2D eigenvalue weighted by Crippen LogP contribution is -2.56. The second kappa shape index (κ2) is 8.42. The molecule has 3 rings (SSSR count). The molecule has 2 aliphatic rings. The third-order valence-corrected chi connectivity index (χ3v) is 5.11. The van der Waals surface area contributed by atoms with Crippen molar-refractivity contribution in [2.75, 3.05) is 13.1 Å². The molecular formula is C19H25N3O4. The molecule has 0 saturated carbocycles. The van der Waals surface area contributed by atoms with Gasteiger partial charge in [-0.05, 0) is 31.4 Å². The summed E-state index contributed by atoms with van der Waals surface area (Å²) in [6.45, 7) is 1.09. The number of likely N-dealkylation sites (tertiary alicyclic amines) is 1. The largest absolute Gasteiger partial charge is 0.391 e. The monoisotopic (exact) mass is 359 g/mol. The van der Waals surface area contributed by atoms with Gasteiger partial charge in [-0.2, -0.15) is 0 Å². The number of rotatable bonds is 6. The van der Waals surface area contributed by atoms with Crippen molar-refractivity contribution in [2.45, 2.75) is 49.9 Å². The zero-order valence-electron chi connectivity index (χ0n) is 14.6. The van der Waals surface area contributed by atoms with E-state index in [1.54, 1.807) is 4.90 Å². The summed E-state index contributed by atoms with van der Waals surface area (Å²) in [6, 6.07) is 7.55. The van der Waals surface area contributed by atoms with E-state index in [4.69, 9.17) is 0 Å². The average Bonchev–Trinajstić information content (AvgIpc) is 3.29. The molecule has 0 radical (unpaired) electrons. The number of nitrogens with one attached hydrogen (secondary N) is 2. The fraction of sp³-hybridized carbons (Fsp3) is 0.526. The second-order valence-corrected chi connectivity index (χ2v) is 6.92. The molecule has 2 fully saturated rings. The highest BCUT2D eigenvalue weighted by Crippen LogP contribution is 2.18. The molecule has 0 bridgehead atoms. The van der Waals surface area contributed by atoms with Crippen LogP contribution in [0.25, 0.3) is 0 Å². The molecule has 2 aliphatic heterocycles. The molecule has 1 aromatic carbocycles. The molecule has 0 spiro atoms. The van der Waals surface area contributed by atoms with Crippen molar-refractivity contribution in [3.8, 4) is 0 Å². The third-order valence-electron chi connectivity index (χ3n) is 5.11. The number of aliphatic hydroxyl groups is 1. The molecule has 26 heavy (non-hydrogen) atoms. The van der Waals surface area contributed by atoms with Crippen LogP contribution >= 0.6 is 0 Å². The predicted molar refractivity (Wildman–Crippen MR) is 95.3 cm³/mol. The number of hydrogen-bond acceptors (Lipinski definition) is 5. The van der Waals surface area contributed by atoms with Crippen LogP contribution in [0.3, 0.4) is 0 Å². The van der Waals surface area contributed by atoms with Crippen molar-refractivity contribution in [2.24, 2.45) is 0 Å². The molecule has 0 aliphatic carbocycles. The van der Waals surface area contributed by atoms with Crippen LogP contribution in [-0.2, 0) is 20.8 Å². The van der Waals surface area contributed by atoms with Crippen LogP contribution in [0, 0.1) is 0 Å². The Morgan fingerprint density at radius 3 is 2.73 bits per heavy atom. The lowest BCUT2D eigenvalue weighted by molar-refractivity contribution is -0.139. The maximum absolute atomic E-state index is 13.0. The second-order valence-electron chi connectivity index (χ2n) is 6.92. The van der Waals surface area contributed by atoms with Crippen molar-refractivity contribution >= 4 is 18.1 Å². The van der Waals surface area contributed by atoms with Gasteiger partial charge in [0.05, 0.1) is 12.1 Å². The number of aldehydes is 1. The first-order valence-electron chi connectivity index (χ1n) is 9.11. The van der Waals surface area contributed by atoms with Crippen molar-refractivity contribution in [3.05, 3.63) is 35.9 Å². The topological polar surface area (TPSA) is 98.7 Å². The van der Waals surface area contributed by atoms with Gasteiger partial charge in [-0.15, -0.1) is 0 Å². The summed E-state index contributed by atoms with van der Waals surface area (Å²) in [5, 5.41) is 15.7. The van der Waals surface area contributed by atoms with Gasteiger partial charge in [0, 0.05) is 13.0 Å². The normalized spacial score (nSPS) is 26.5. The molecule has 0 aromatic heterocycles. The fourth-order valence-electron chi connectivity index (χ4n) is 3.68. The van der Waals surface area contributed by atoms with Gasteiger partial charge in [0.1, 0.15) is 18.4 Å². The Hall–Kier alpha value is -2.25. The summed E-state index contributed by atoms with van der Waals surface area (Å²) in [6.07, 6.45) is 2.34. The van der Waals surface area contributed by atoms with E-state index in [9.17, 15) is 19.5 Å². The SMILES string of the molecule is O=C[C@@H]1CCCN1C(=O)[C@@H](Cc1ccccc1)NC(=O)[C@H]1NCC[C@@H]1O. The van der Waals surface area contributed by atoms with E-state index < -0.39 is 24.2 Å². The zero-order valence-corrected chi connectivity index (χ0v) is 14.6. The van der Waals surface area contributed by atoms with Gasteiger partial charge in [-0.25, -0.2) is 0 Å². The number of carbonyl (C=O) groups excluding carboxylic acids is 3. The Kier molecular flexibility index (Phi) is 6.00. The molecular weight excluding hydrogens is 334 g/mol. The van der Waals surface area contributed by atoms with Gasteiger partial charge in [-0.1, -0.05) is 30.3 Å². The van der Waals surface area contributed by atoms with Crippen molar-refractivity contribution in [3.63, 3.8) is 0 Å². The van der Waals surface area contributed by atoms with Crippen LogP contribution < -0.4 is 10.6 Å². The highest BCUT2D eigenvalue weighted by molar-refractivity contribution is 5.91. The number of carbonyl (C=O) groups is 3. The minimum absolute atomic E-state index is 0.246. The van der Waals surface area contributed by atoms with Crippen LogP contribution in [0.1, 0.15) is 24.8 Å². The number of aliphatic hydroxyl groups excluding tert-OH is 1. The Balaban J connectivity index is 1.75. The molecule has 2 heterocycles. The van der Waals surface area contributed by atoms with Crippen LogP contribution in [0.4, 0.5) is 0 Å². The standard InChI is InChI=1S/C19H25N3O4/c23-12-14-7-4-10-22(14)19(26)15(11-13-5-2-1-3-6-13)21-18(25)17-16(24)8-9-20-17/h1-3,5-6,12,14-17,20,24H,4,7-11H2,(H,21,25)/t14-,15+,16-,17-/m0/s1. The van der Waals surface area contributed by atoms with Crippen LogP contribution in [0.15, 0.2) is 30.3 Å². The van der Waals surface area contributed by atoms with Crippen LogP contribution in [-0.4, -0.2) is 65.4 Å². The summed E-state index contributed by atoms with van der Waals surface area (Å²) < 4.78 is 0. The van der Waals surface area contributed by atoms with E-state index in [2.05, 4.69) is 10.6 Å². The fourth-order valence-corrected chi connectivity index (χ4v) is 3.68. The molecule has 3 N–H and O–H groups in total. The summed E-state index contributed by atoms with van der Waals surface area (Å²) in [4.78, 5) is 38.4. The van der Waals surface area contributed by atoms with Crippen molar-refractivity contribution < 1.29 is 19.5 Å². The van der Waals surface area contributed by atoms with Crippen molar-refractivity contribution in [1.82, 2.24) is 15.5 Å². The van der Waals surface area contributed by atoms with E-state index in [1.807, 2.05) is 30.3 Å². The van der Waals surface area contributed by atoms with Gasteiger partial charge >= 0.3 is 0 Å². The maximum atomic E-state index is 13.0. The minimum atomic E-state index is -0.764. The molecule has 4 atom stereocenters. The third kappa shape index (κ3) is 4.11. The number of hydrogen-bond donors (Lipinski definition) is 3. The van der Waals surface area contributed by atoms with Gasteiger partial charge in [-0.3, -0.25) is 9.59 Å². The Labute approximate surface area is 152 Å². The Morgan fingerprint density at radius 2 is 2.08 bits per heavy atom. The van der Waals surface area contributed by atoms with Crippen molar-refractivity contribution in [1.29, 1.82) is 0 Å². The molecule has 2 saturated heterocycles. The summed E-state index contributed by atoms with van der Waals surface area (Å²) in [5.41, 5.74) is 0.924. The number of nitrogens with zero attached hydrogens (tertiary/aromatic N) is 1. The number of amides is 2. The lowest BCUT2D eigenvalue weighted by Gasteiger charge is -2.28. The molecule has 7 nitrogen and oxygen atoms in total. The molecule has 1 aromatic rings. The highest BCUT2D eigenvalue weighted by Gasteiger charge is 2.37. The lowest BCUT2D eigenvalue weighted by atomic mass is 10.0. The molecule has 2 amide bonds. The smallest absolute Gasteiger partial charge is 0.246 e. The minimum Gasteiger partial charge on any atom is -0.391 e. The quantitative estimate of drug-likeness (QED) is 0.602. The van der Waals surface area contributed by atoms with Gasteiger partial charge in [0.2, 0.25) is 11.8 Å². The average molecular weight is 359 g/mol. The Bertz CT molecular complexity index is 651. The summed E-state index contributed by atoms with van der Waals surface area (Å²) >= 11 is 0. The highest BCUT2D eigenvalue weighted by atomic mass is 16.3. The van der Waals surface area contributed by atoms with E-state index in [0.29, 0.717) is 32.4 Å². The van der Waals surface area contributed by atoms with E-state index in [0.717, 1.165) is 18.3 Å². The zero-order chi connectivity index (χ0) is 18.5. The van der Waals surface area contributed by atoms with E-state index >= 15 is 0 Å². The molecule has 7 heteroatoms. The summed E-state index contributed by atoms with van der Waals surface area (Å²) in [5.74, 6) is -0.629. The maximum Gasteiger partial charge on any atom is 0.246 e. The molecule has 140 valence electrons. The Morgan fingerprint density at radius 1 is 1.31 bits per heavy atom. The van der Waals surface area contributed by atoms with Gasteiger partial charge in [0.25, 0.3) is 0 Å². The van der Waals surface area contributed by atoms with E-state index in [1.165, 1.54) is 0 Å². The first-order valence-corrected chi connectivity index (χ1v) is 9.11. The van der Waals surface area contributed by atoms with Gasteiger partial charge in [0.15, 0.2) is 0 Å².